The zero-order valence-corrected chi connectivity index (χ0v) is 11.5. The maximum atomic E-state index is 13.2. The third-order valence-corrected chi connectivity index (χ3v) is 3.31. The van der Waals surface area contributed by atoms with Crippen molar-refractivity contribution in [2.75, 3.05) is 13.1 Å². The Hall–Kier alpha value is -2.67. The van der Waals surface area contributed by atoms with Gasteiger partial charge < -0.3 is 15.3 Å². The second-order valence-corrected chi connectivity index (χ2v) is 4.78. The molecule has 118 valence electrons. The van der Waals surface area contributed by atoms with Crippen molar-refractivity contribution >= 4 is 17.9 Å². The highest BCUT2D eigenvalue weighted by atomic mass is 19.1. The Kier molecular flexibility index (Phi) is 4.27. The van der Waals surface area contributed by atoms with Crippen LogP contribution >= 0.6 is 0 Å². The first-order valence-corrected chi connectivity index (χ1v) is 6.33. The minimum absolute atomic E-state index is 0.0627. The van der Waals surface area contributed by atoms with Gasteiger partial charge in [0, 0.05) is 0 Å². The van der Waals surface area contributed by atoms with E-state index in [0.717, 1.165) is 4.90 Å². The van der Waals surface area contributed by atoms with Crippen molar-refractivity contribution in [3.8, 4) is 6.07 Å². The molecule has 0 unspecified atom stereocenters. The van der Waals surface area contributed by atoms with Crippen LogP contribution in [-0.2, 0) is 14.4 Å². The van der Waals surface area contributed by atoms with E-state index < -0.39 is 36.3 Å². The number of hydrogen-bond acceptors (Lipinski definition) is 5. The van der Waals surface area contributed by atoms with Gasteiger partial charge in [0.25, 0.3) is 0 Å². The Morgan fingerprint density at radius 2 is 2.36 bits per heavy atom. The molecule has 2 bridgehead atoms. The van der Waals surface area contributed by atoms with Crippen LogP contribution in [0.15, 0.2) is 11.6 Å². The van der Waals surface area contributed by atoms with Crippen LogP contribution in [0.4, 0.5) is 9.18 Å². The predicted molar refractivity (Wildman–Crippen MR) is 67.5 cm³/mol. The normalized spacial score (nSPS) is 24.6. The number of nitrogens with zero attached hydrogens (tertiary/aromatic N) is 3. The Balaban J connectivity index is 2.17. The van der Waals surface area contributed by atoms with Crippen molar-refractivity contribution in [2.24, 2.45) is 0 Å². The molecule has 1 saturated heterocycles. The number of halogens is 1. The van der Waals surface area contributed by atoms with Crippen molar-refractivity contribution in [2.45, 2.75) is 25.4 Å². The van der Waals surface area contributed by atoms with Gasteiger partial charge in [0.2, 0.25) is 5.91 Å². The number of hydroxylamine groups is 2. The fraction of sp³-hybridized carbons (Fsp3) is 0.500. The lowest BCUT2D eigenvalue weighted by atomic mass is 10.00. The number of carbonyl (C=O) groups is 3. The number of hydrogen-bond donors (Lipinski definition) is 2. The summed E-state index contributed by atoms with van der Waals surface area (Å²) in [6.07, 6.45) is -1.14. The Morgan fingerprint density at radius 1 is 1.68 bits per heavy atom. The topological polar surface area (TPSA) is 123 Å². The predicted octanol–water partition coefficient (Wildman–Crippen LogP) is -0.627. The molecule has 3 amide bonds. The van der Waals surface area contributed by atoms with E-state index in [2.05, 4.69) is 10.2 Å². The molecule has 2 N–H and O–H groups in total. The number of nitriles is 1. The van der Waals surface area contributed by atoms with Gasteiger partial charge in [-0.1, -0.05) is 6.08 Å². The molecule has 2 aliphatic heterocycles. The van der Waals surface area contributed by atoms with Crippen LogP contribution in [0, 0.1) is 11.3 Å². The third-order valence-electron chi connectivity index (χ3n) is 3.31. The molecule has 0 aliphatic carbocycles. The molecule has 1 fully saturated rings. The number of urea groups is 1. The fourth-order valence-electron chi connectivity index (χ4n) is 2.44. The van der Waals surface area contributed by atoms with Crippen LogP contribution in [0.5, 0.6) is 0 Å². The monoisotopic (exact) mass is 312 g/mol. The van der Waals surface area contributed by atoms with E-state index >= 15 is 0 Å². The van der Waals surface area contributed by atoms with Gasteiger partial charge in [0.15, 0.2) is 0 Å². The summed E-state index contributed by atoms with van der Waals surface area (Å²) in [6.45, 7) is 1.46. The van der Waals surface area contributed by atoms with Crippen LogP contribution in [0.25, 0.3) is 0 Å². The van der Waals surface area contributed by atoms with Crippen LogP contribution in [0.2, 0.25) is 0 Å². The third kappa shape index (κ3) is 2.71. The first-order chi connectivity index (χ1) is 10.4. The molecular formula is C12H13FN4O5. The molecule has 2 heterocycles. The van der Waals surface area contributed by atoms with E-state index in [1.165, 1.54) is 6.08 Å². The number of carboxylic acid groups (broad SMARTS) is 1. The number of rotatable bonds is 5. The lowest BCUT2D eigenvalue weighted by Gasteiger charge is -2.28. The smallest absolute Gasteiger partial charge is 0.368 e. The number of carbonyl (C=O) groups excluding carboxylic acids is 2. The molecule has 2 aliphatic rings. The van der Waals surface area contributed by atoms with Gasteiger partial charge >= 0.3 is 18.4 Å². The minimum Gasteiger partial charge on any atom is -0.477 e. The van der Waals surface area contributed by atoms with Gasteiger partial charge in [-0.3, -0.25) is 4.79 Å². The second-order valence-electron chi connectivity index (χ2n) is 4.78. The summed E-state index contributed by atoms with van der Waals surface area (Å²) in [4.78, 5) is 40.3. The highest BCUT2D eigenvalue weighted by molar-refractivity contribution is 5.91. The quantitative estimate of drug-likeness (QED) is 0.515. The summed E-state index contributed by atoms with van der Waals surface area (Å²) in [7, 11) is 0. The number of amides is 3. The number of carboxylic acids is 1. The Bertz CT molecular complexity index is 587. The Morgan fingerprint density at radius 3 is 2.95 bits per heavy atom. The van der Waals surface area contributed by atoms with Crippen molar-refractivity contribution in [1.29, 1.82) is 5.26 Å². The molecule has 0 radical (unpaired) electrons. The molecule has 9 nitrogen and oxygen atoms in total. The molecule has 0 spiro atoms. The molecular weight excluding hydrogens is 299 g/mol. The van der Waals surface area contributed by atoms with Gasteiger partial charge in [-0.15, -0.1) is 0 Å². The largest absolute Gasteiger partial charge is 0.477 e. The van der Waals surface area contributed by atoms with Crippen molar-refractivity contribution in [3.63, 3.8) is 0 Å². The fourth-order valence-corrected chi connectivity index (χ4v) is 2.44. The van der Waals surface area contributed by atoms with Gasteiger partial charge in [-0.25, -0.2) is 18.8 Å². The highest BCUT2D eigenvalue weighted by Crippen LogP contribution is 2.30. The van der Waals surface area contributed by atoms with Gasteiger partial charge in [-0.05, 0) is 12.5 Å². The molecule has 3 atom stereocenters. The van der Waals surface area contributed by atoms with E-state index in [-0.39, 0.29) is 13.1 Å². The molecule has 0 aromatic carbocycles. The summed E-state index contributed by atoms with van der Waals surface area (Å²) in [5.74, 6) is -2.40. The number of fused-ring (bicyclic) bond motifs is 2. The minimum atomic E-state index is -2.68. The lowest BCUT2D eigenvalue weighted by molar-refractivity contribution is -0.219. The maximum Gasteiger partial charge on any atom is 0.368 e. The summed E-state index contributed by atoms with van der Waals surface area (Å²) in [6, 6.07) is -0.669. The molecule has 0 aromatic rings. The SMILES string of the molecule is CC1=C[C@@H]2CN(C(=O)N2O[C@H](F)C(=O)O)[C@@H]1C(=O)NCC#N. The average molecular weight is 312 g/mol. The molecule has 0 saturated carbocycles. The first-order valence-electron chi connectivity index (χ1n) is 6.33. The molecule has 0 aromatic heterocycles. The summed E-state index contributed by atoms with van der Waals surface area (Å²) >= 11 is 0. The van der Waals surface area contributed by atoms with Crippen molar-refractivity contribution < 1.29 is 28.7 Å². The second kappa shape index (κ2) is 5.98. The summed E-state index contributed by atoms with van der Waals surface area (Å²) in [5.41, 5.74) is 0.525. The average Bonchev–Trinajstić information content (AvgIpc) is 2.70. The van der Waals surface area contributed by atoms with Crippen molar-refractivity contribution in [1.82, 2.24) is 15.3 Å². The molecule has 22 heavy (non-hydrogen) atoms. The lowest BCUT2D eigenvalue weighted by Crippen LogP contribution is -2.50. The maximum absolute atomic E-state index is 13.2. The first kappa shape index (κ1) is 15.7. The van der Waals surface area contributed by atoms with E-state index in [0.29, 0.717) is 10.6 Å². The summed E-state index contributed by atoms with van der Waals surface area (Å²) < 4.78 is 13.2. The molecule has 2 rings (SSSR count). The van der Waals surface area contributed by atoms with E-state index in [4.69, 9.17) is 10.4 Å². The van der Waals surface area contributed by atoms with Gasteiger partial charge in [0.1, 0.15) is 12.6 Å². The van der Waals surface area contributed by atoms with Crippen LogP contribution in [0.3, 0.4) is 0 Å². The zero-order valence-electron chi connectivity index (χ0n) is 11.5. The van der Waals surface area contributed by atoms with E-state index in [9.17, 15) is 18.8 Å². The zero-order chi connectivity index (χ0) is 16.4. The Labute approximate surface area is 124 Å². The summed E-state index contributed by atoms with van der Waals surface area (Å²) in [5, 5.41) is 19.9. The van der Waals surface area contributed by atoms with Crippen LogP contribution < -0.4 is 5.32 Å². The van der Waals surface area contributed by atoms with Crippen molar-refractivity contribution in [3.05, 3.63) is 11.6 Å². The number of nitrogens with one attached hydrogen (secondary N) is 1. The van der Waals surface area contributed by atoms with Gasteiger partial charge in [0.05, 0.1) is 18.7 Å². The van der Waals surface area contributed by atoms with Crippen LogP contribution in [0.1, 0.15) is 6.92 Å². The number of aliphatic carboxylic acids is 1. The standard InChI is InChI=1S/C12H13FN4O5/c1-6-4-7-5-16(8(6)10(18)15-3-2-14)12(21)17(7)22-9(13)11(19)20/h4,7-9H,3,5H2,1H3,(H,15,18)(H,19,20)/t7-,8+,9+/m1/s1. The molecule has 10 heteroatoms. The van der Waals surface area contributed by atoms with Gasteiger partial charge in [-0.2, -0.15) is 10.3 Å². The highest BCUT2D eigenvalue weighted by Gasteiger charge is 2.48. The van der Waals surface area contributed by atoms with E-state index in [1.807, 2.05) is 0 Å². The van der Waals surface area contributed by atoms with Crippen LogP contribution in [-0.4, -0.2) is 64.5 Å². The van der Waals surface area contributed by atoms with E-state index in [1.54, 1.807) is 13.0 Å². The number of alkyl halides is 1.